The summed E-state index contributed by atoms with van der Waals surface area (Å²) in [5.41, 5.74) is 1.28. The third-order valence-corrected chi connectivity index (χ3v) is 5.46. The molecule has 2 fully saturated rings. The minimum absolute atomic E-state index is 0.359. The van der Waals surface area contributed by atoms with Crippen LogP contribution in [-0.2, 0) is 4.79 Å². The molecule has 0 radical (unpaired) electrons. The lowest BCUT2D eigenvalue weighted by atomic mass is 9.93. The van der Waals surface area contributed by atoms with Gasteiger partial charge < -0.3 is 14.7 Å². The first-order valence-corrected chi connectivity index (χ1v) is 9.48. The van der Waals surface area contributed by atoms with Crippen LogP contribution in [0.5, 0.6) is 0 Å². The van der Waals surface area contributed by atoms with E-state index in [0.29, 0.717) is 11.8 Å². The smallest absolute Gasteiger partial charge is 0.222 e. The van der Waals surface area contributed by atoms with Gasteiger partial charge in [-0.1, -0.05) is 18.2 Å². The van der Waals surface area contributed by atoms with Crippen molar-refractivity contribution >= 4 is 11.6 Å². The first-order valence-electron chi connectivity index (χ1n) is 9.48. The second-order valence-electron chi connectivity index (χ2n) is 7.37. The first kappa shape index (κ1) is 17.3. The number of amides is 1. The van der Waals surface area contributed by atoms with E-state index in [9.17, 15) is 4.79 Å². The van der Waals surface area contributed by atoms with Gasteiger partial charge in [0.1, 0.15) is 0 Å². The van der Waals surface area contributed by atoms with Crippen molar-refractivity contribution in [3.63, 3.8) is 0 Å². The summed E-state index contributed by atoms with van der Waals surface area (Å²) in [5, 5.41) is 0. The Morgan fingerprint density at radius 1 is 1.04 bits per heavy atom. The number of hydrogen-bond acceptors (Lipinski definition) is 3. The van der Waals surface area contributed by atoms with Crippen molar-refractivity contribution in [2.45, 2.75) is 32.1 Å². The van der Waals surface area contributed by atoms with E-state index < -0.39 is 0 Å². The fraction of sp³-hybridized carbons (Fsp3) is 0.650. The van der Waals surface area contributed by atoms with Gasteiger partial charge in [-0.15, -0.1) is 0 Å². The van der Waals surface area contributed by atoms with Crippen molar-refractivity contribution in [2.75, 3.05) is 51.2 Å². The van der Waals surface area contributed by atoms with Gasteiger partial charge in [0.25, 0.3) is 0 Å². The maximum absolute atomic E-state index is 12.6. The summed E-state index contributed by atoms with van der Waals surface area (Å²) in [6, 6.07) is 10.6. The van der Waals surface area contributed by atoms with Crippen LogP contribution in [0.4, 0.5) is 5.69 Å². The zero-order chi connectivity index (χ0) is 16.8. The topological polar surface area (TPSA) is 26.8 Å². The standard InChI is InChI=1S/C20H31N3O/c1-21-12-5-7-18(17-21)10-11-20(24)23-14-6-13-22(15-16-23)19-8-3-2-4-9-19/h2-4,8-9,18H,5-7,10-17H2,1H3/t18-/m1/s1. The Hall–Kier alpha value is -1.55. The summed E-state index contributed by atoms with van der Waals surface area (Å²) >= 11 is 0. The Morgan fingerprint density at radius 3 is 2.67 bits per heavy atom. The number of anilines is 1. The second-order valence-corrected chi connectivity index (χ2v) is 7.37. The molecule has 0 N–H and O–H groups in total. The van der Waals surface area contributed by atoms with Crippen LogP contribution in [0.3, 0.4) is 0 Å². The van der Waals surface area contributed by atoms with Gasteiger partial charge in [-0.2, -0.15) is 0 Å². The predicted octanol–water partition coefficient (Wildman–Crippen LogP) is 2.85. The van der Waals surface area contributed by atoms with Crippen LogP contribution in [0.2, 0.25) is 0 Å². The molecular weight excluding hydrogens is 298 g/mol. The summed E-state index contributed by atoms with van der Waals surface area (Å²) in [7, 11) is 2.20. The number of likely N-dealkylation sites (tertiary alicyclic amines) is 1. The zero-order valence-electron chi connectivity index (χ0n) is 15.0. The Morgan fingerprint density at radius 2 is 1.88 bits per heavy atom. The Balaban J connectivity index is 1.46. The number of para-hydroxylation sites is 1. The summed E-state index contributed by atoms with van der Waals surface area (Å²) in [5.74, 6) is 1.07. The van der Waals surface area contributed by atoms with Crippen LogP contribution in [-0.4, -0.2) is 62.0 Å². The molecule has 3 rings (SSSR count). The Kier molecular flexibility index (Phi) is 6.13. The lowest BCUT2D eigenvalue weighted by Gasteiger charge is -2.30. The molecule has 0 bridgehead atoms. The highest BCUT2D eigenvalue weighted by molar-refractivity contribution is 5.76. The molecule has 2 heterocycles. The molecule has 2 aliphatic heterocycles. The van der Waals surface area contributed by atoms with Crippen LogP contribution in [0.15, 0.2) is 30.3 Å². The lowest BCUT2D eigenvalue weighted by Crippen LogP contribution is -2.36. The normalized spacial score (nSPS) is 23.1. The molecule has 2 saturated heterocycles. The summed E-state index contributed by atoms with van der Waals surface area (Å²) in [4.78, 5) is 19.5. The van der Waals surface area contributed by atoms with Gasteiger partial charge in [0.2, 0.25) is 5.91 Å². The van der Waals surface area contributed by atoms with Gasteiger partial charge in [-0.05, 0) is 57.3 Å². The van der Waals surface area contributed by atoms with E-state index in [1.807, 2.05) is 0 Å². The van der Waals surface area contributed by atoms with E-state index in [1.54, 1.807) is 0 Å². The molecule has 2 aliphatic rings. The number of carbonyl (C=O) groups excluding carboxylic acids is 1. The molecular formula is C20H31N3O. The van der Waals surface area contributed by atoms with Crippen molar-refractivity contribution in [2.24, 2.45) is 5.92 Å². The number of hydrogen-bond donors (Lipinski definition) is 0. The maximum Gasteiger partial charge on any atom is 0.222 e. The zero-order valence-corrected chi connectivity index (χ0v) is 15.0. The van der Waals surface area contributed by atoms with E-state index >= 15 is 0 Å². The number of carbonyl (C=O) groups is 1. The maximum atomic E-state index is 12.6. The van der Waals surface area contributed by atoms with Gasteiger partial charge in [-0.25, -0.2) is 0 Å². The molecule has 132 valence electrons. The monoisotopic (exact) mass is 329 g/mol. The highest BCUT2D eigenvalue weighted by Gasteiger charge is 2.22. The highest BCUT2D eigenvalue weighted by Crippen LogP contribution is 2.21. The molecule has 1 aromatic rings. The summed E-state index contributed by atoms with van der Waals surface area (Å²) in [6.07, 6.45) is 5.42. The second kappa shape index (κ2) is 8.52. The van der Waals surface area contributed by atoms with Crippen molar-refractivity contribution in [1.82, 2.24) is 9.80 Å². The third-order valence-electron chi connectivity index (χ3n) is 5.46. The van der Waals surface area contributed by atoms with Crippen LogP contribution in [0, 0.1) is 5.92 Å². The van der Waals surface area contributed by atoms with Crippen molar-refractivity contribution < 1.29 is 4.79 Å². The van der Waals surface area contributed by atoms with Gasteiger partial charge in [0, 0.05) is 44.8 Å². The highest BCUT2D eigenvalue weighted by atomic mass is 16.2. The number of piperidine rings is 1. The average molecular weight is 329 g/mol. The van der Waals surface area contributed by atoms with Crippen LogP contribution < -0.4 is 4.90 Å². The van der Waals surface area contributed by atoms with Crippen LogP contribution in [0.25, 0.3) is 0 Å². The third kappa shape index (κ3) is 4.73. The van der Waals surface area contributed by atoms with Gasteiger partial charge in [0.05, 0.1) is 0 Å². The van der Waals surface area contributed by atoms with Crippen molar-refractivity contribution in [3.8, 4) is 0 Å². The minimum atomic E-state index is 0.359. The average Bonchev–Trinajstić information content (AvgIpc) is 2.87. The molecule has 1 amide bonds. The van der Waals surface area contributed by atoms with Gasteiger partial charge in [-0.3, -0.25) is 4.79 Å². The number of benzene rings is 1. The fourth-order valence-electron chi connectivity index (χ4n) is 4.06. The van der Waals surface area contributed by atoms with Crippen molar-refractivity contribution in [1.29, 1.82) is 0 Å². The van der Waals surface area contributed by atoms with Gasteiger partial charge >= 0.3 is 0 Å². The van der Waals surface area contributed by atoms with Gasteiger partial charge in [0.15, 0.2) is 0 Å². The minimum Gasteiger partial charge on any atom is -0.370 e. The molecule has 0 aromatic heterocycles. The summed E-state index contributed by atoms with van der Waals surface area (Å²) in [6.45, 7) is 6.13. The molecule has 0 unspecified atom stereocenters. The van der Waals surface area contributed by atoms with E-state index in [4.69, 9.17) is 0 Å². The van der Waals surface area contributed by atoms with E-state index in [1.165, 1.54) is 25.1 Å². The largest absolute Gasteiger partial charge is 0.370 e. The fourth-order valence-corrected chi connectivity index (χ4v) is 4.06. The van der Waals surface area contributed by atoms with Crippen LogP contribution in [0.1, 0.15) is 32.1 Å². The quantitative estimate of drug-likeness (QED) is 0.850. The molecule has 4 heteroatoms. The molecule has 0 aliphatic carbocycles. The van der Waals surface area contributed by atoms with Crippen molar-refractivity contribution in [3.05, 3.63) is 30.3 Å². The van der Waals surface area contributed by atoms with Crippen LogP contribution >= 0.6 is 0 Å². The molecule has 1 atom stereocenters. The molecule has 4 nitrogen and oxygen atoms in total. The SMILES string of the molecule is CN1CCC[C@H](CCC(=O)N2CCCN(c3ccccc3)CC2)C1. The van der Waals surface area contributed by atoms with E-state index in [0.717, 1.165) is 52.0 Å². The summed E-state index contributed by atoms with van der Waals surface area (Å²) < 4.78 is 0. The molecule has 0 saturated carbocycles. The number of rotatable bonds is 4. The number of nitrogens with zero attached hydrogens (tertiary/aromatic N) is 3. The predicted molar refractivity (Wildman–Crippen MR) is 99.3 cm³/mol. The molecule has 24 heavy (non-hydrogen) atoms. The van der Waals surface area contributed by atoms with E-state index in [-0.39, 0.29) is 0 Å². The Labute approximate surface area is 146 Å². The first-order chi connectivity index (χ1) is 11.7. The molecule has 1 aromatic carbocycles. The van der Waals surface area contributed by atoms with E-state index in [2.05, 4.69) is 52.1 Å². The lowest BCUT2D eigenvalue weighted by molar-refractivity contribution is -0.131. The Bertz CT molecular complexity index is 519. The molecule has 0 spiro atoms.